The van der Waals surface area contributed by atoms with Crippen LogP contribution in [0.2, 0.25) is 0 Å². The molecular weight excluding hydrogens is 286 g/mol. The van der Waals surface area contributed by atoms with E-state index in [9.17, 15) is 4.79 Å². The van der Waals surface area contributed by atoms with Crippen LogP contribution < -0.4 is 0 Å². The number of carbonyl (C=O) groups is 1. The minimum absolute atomic E-state index is 0.00945. The molecule has 0 spiro atoms. The number of aryl methyl sites for hydroxylation is 1. The first kappa shape index (κ1) is 15.8. The maximum atomic E-state index is 10.8. The minimum Gasteiger partial charge on any atom is -0.481 e. The fraction of sp³-hybridized carbons (Fsp3) is 0.533. The van der Waals surface area contributed by atoms with Gasteiger partial charge in [-0.2, -0.15) is 0 Å². The van der Waals surface area contributed by atoms with Crippen molar-refractivity contribution in [3.05, 3.63) is 17.8 Å². The summed E-state index contributed by atoms with van der Waals surface area (Å²) in [5.74, 6) is -0.358. The van der Waals surface area contributed by atoms with E-state index in [1.54, 1.807) is 0 Å². The Labute approximate surface area is 128 Å². The molecule has 2 rings (SSSR count). The first-order valence-corrected chi connectivity index (χ1v) is 8.12. The molecule has 0 saturated carbocycles. The van der Waals surface area contributed by atoms with Gasteiger partial charge in [0.25, 0.3) is 0 Å². The summed E-state index contributed by atoms with van der Waals surface area (Å²) in [7, 11) is 0. The number of aromatic nitrogens is 3. The van der Waals surface area contributed by atoms with Crippen LogP contribution in [0.3, 0.4) is 0 Å². The number of imidazole rings is 1. The molecule has 0 radical (unpaired) electrons. The Hall–Kier alpha value is -1.56. The van der Waals surface area contributed by atoms with Gasteiger partial charge in [-0.1, -0.05) is 32.0 Å². The molecule has 2 unspecified atom stereocenters. The van der Waals surface area contributed by atoms with Crippen molar-refractivity contribution < 1.29 is 9.90 Å². The van der Waals surface area contributed by atoms with E-state index >= 15 is 0 Å². The van der Waals surface area contributed by atoms with E-state index < -0.39 is 5.97 Å². The summed E-state index contributed by atoms with van der Waals surface area (Å²) in [5, 5.41) is 9.64. The number of thioether (sulfide) groups is 1. The maximum absolute atomic E-state index is 10.8. The number of pyridine rings is 1. The molecule has 2 atom stereocenters. The number of carboxylic acid groups (broad SMARTS) is 1. The standard InChI is InChI=1S/C15H21N3O2S/c1-5-9(2)11(4)18-14-12(7-6-10(3)16-14)17-15(18)21-8-13(19)20/h6-7,9,11H,5,8H2,1-4H3,(H,19,20). The van der Waals surface area contributed by atoms with Crippen LogP contribution in [0.25, 0.3) is 11.2 Å². The number of aliphatic carboxylic acids is 1. The topological polar surface area (TPSA) is 68.0 Å². The number of carboxylic acids is 1. The second-order valence-corrected chi connectivity index (χ2v) is 6.31. The van der Waals surface area contributed by atoms with Crippen molar-refractivity contribution in [3.63, 3.8) is 0 Å². The van der Waals surface area contributed by atoms with Crippen molar-refractivity contribution in [2.75, 3.05) is 5.75 Å². The highest BCUT2D eigenvalue weighted by atomic mass is 32.2. The van der Waals surface area contributed by atoms with Crippen molar-refractivity contribution in [2.24, 2.45) is 5.92 Å². The molecule has 0 aliphatic rings. The molecule has 21 heavy (non-hydrogen) atoms. The molecule has 114 valence electrons. The summed E-state index contributed by atoms with van der Waals surface area (Å²) in [5.41, 5.74) is 2.61. The number of rotatable bonds is 6. The lowest BCUT2D eigenvalue weighted by atomic mass is 10.0. The highest BCUT2D eigenvalue weighted by Gasteiger charge is 2.21. The van der Waals surface area contributed by atoms with Crippen LogP contribution in [0.4, 0.5) is 0 Å². The third-order valence-electron chi connectivity index (χ3n) is 3.84. The first-order valence-electron chi connectivity index (χ1n) is 7.14. The smallest absolute Gasteiger partial charge is 0.313 e. The van der Waals surface area contributed by atoms with Gasteiger partial charge in [0.2, 0.25) is 0 Å². The summed E-state index contributed by atoms with van der Waals surface area (Å²) < 4.78 is 2.09. The van der Waals surface area contributed by atoms with E-state index in [2.05, 4.69) is 35.3 Å². The second kappa shape index (κ2) is 6.47. The van der Waals surface area contributed by atoms with Gasteiger partial charge in [-0.25, -0.2) is 9.97 Å². The van der Waals surface area contributed by atoms with E-state index in [0.717, 1.165) is 28.4 Å². The molecular formula is C15H21N3O2S. The quantitative estimate of drug-likeness (QED) is 0.827. The van der Waals surface area contributed by atoms with Crippen LogP contribution in [-0.4, -0.2) is 31.4 Å². The van der Waals surface area contributed by atoms with Crippen LogP contribution in [0.5, 0.6) is 0 Å². The van der Waals surface area contributed by atoms with Crippen molar-refractivity contribution in [1.29, 1.82) is 0 Å². The average Bonchev–Trinajstić information content (AvgIpc) is 2.80. The summed E-state index contributed by atoms with van der Waals surface area (Å²) in [4.78, 5) is 20.0. The van der Waals surface area contributed by atoms with Gasteiger partial charge in [0.15, 0.2) is 10.8 Å². The van der Waals surface area contributed by atoms with E-state index in [1.807, 2.05) is 19.1 Å². The lowest BCUT2D eigenvalue weighted by Gasteiger charge is -2.22. The van der Waals surface area contributed by atoms with E-state index in [0.29, 0.717) is 5.92 Å². The van der Waals surface area contributed by atoms with Gasteiger partial charge in [-0.05, 0) is 31.9 Å². The fourth-order valence-electron chi connectivity index (χ4n) is 2.24. The monoisotopic (exact) mass is 307 g/mol. The van der Waals surface area contributed by atoms with Crippen molar-refractivity contribution in [1.82, 2.24) is 14.5 Å². The zero-order valence-corrected chi connectivity index (χ0v) is 13.6. The number of hydrogen-bond acceptors (Lipinski definition) is 4. The van der Waals surface area contributed by atoms with E-state index in [-0.39, 0.29) is 11.8 Å². The van der Waals surface area contributed by atoms with Gasteiger partial charge in [-0.3, -0.25) is 4.79 Å². The molecule has 2 aromatic rings. The van der Waals surface area contributed by atoms with Gasteiger partial charge in [0.1, 0.15) is 5.52 Å². The summed E-state index contributed by atoms with van der Waals surface area (Å²) >= 11 is 1.26. The van der Waals surface area contributed by atoms with Crippen molar-refractivity contribution in [3.8, 4) is 0 Å². The number of hydrogen-bond donors (Lipinski definition) is 1. The number of fused-ring (bicyclic) bond motifs is 1. The van der Waals surface area contributed by atoms with Gasteiger partial charge in [0.05, 0.1) is 5.75 Å². The van der Waals surface area contributed by atoms with Crippen molar-refractivity contribution >= 4 is 28.9 Å². The predicted molar refractivity (Wildman–Crippen MR) is 84.8 cm³/mol. The van der Waals surface area contributed by atoms with Crippen LogP contribution in [0.15, 0.2) is 17.3 Å². The zero-order chi connectivity index (χ0) is 15.6. The lowest BCUT2D eigenvalue weighted by Crippen LogP contribution is -2.15. The Kier molecular flexibility index (Phi) is 4.88. The summed E-state index contributed by atoms with van der Waals surface area (Å²) in [6.07, 6.45) is 1.05. The summed E-state index contributed by atoms with van der Waals surface area (Å²) in [6.45, 7) is 8.44. The van der Waals surface area contributed by atoms with E-state index in [1.165, 1.54) is 11.8 Å². The predicted octanol–water partition coefficient (Wildman–Crippen LogP) is 3.52. The zero-order valence-electron chi connectivity index (χ0n) is 12.8. The van der Waals surface area contributed by atoms with Gasteiger partial charge >= 0.3 is 5.97 Å². The van der Waals surface area contributed by atoms with Crippen LogP contribution in [-0.2, 0) is 4.79 Å². The molecule has 0 amide bonds. The minimum atomic E-state index is -0.834. The Morgan fingerprint density at radius 1 is 1.38 bits per heavy atom. The molecule has 0 aromatic carbocycles. The first-order chi connectivity index (χ1) is 9.93. The Balaban J connectivity index is 2.52. The number of nitrogens with zero attached hydrogens (tertiary/aromatic N) is 3. The Morgan fingerprint density at radius 3 is 2.71 bits per heavy atom. The lowest BCUT2D eigenvalue weighted by molar-refractivity contribution is -0.133. The molecule has 2 heterocycles. The molecule has 6 heteroatoms. The largest absolute Gasteiger partial charge is 0.481 e. The second-order valence-electron chi connectivity index (χ2n) is 5.37. The van der Waals surface area contributed by atoms with Crippen LogP contribution >= 0.6 is 11.8 Å². The van der Waals surface area contributed by atoms with Gasteiger partial charge < -0.3 is 9.67 Å². The van der Waals surface area contributed by atoms with E-state index in [4.69, 9.17) is 5.11 Å². The highest BCUT2D eigenvalue weighted by molar-refractivity contribution is 7.99. The molecule has 5 nitrogen and oxygen atoms in total. The molecule has 0 aliphatic carbocycles. The van der Waals surface area contributed by atoms with Crippen LogP contribution in [0, 0.1) is 12.8 Å². The molecule has 0 fully saturated rings. The summed E-state index contributed by atoms with van der Waals surface area (Å²) in [6, 6.07) is 4.10. The molecule has 1 N–H and O–H groups in total. The average molecular weight is 307 g/mol. The molecule has 2 aromatic heterocycles. The third-order valence-corrected chi connectivity index (χ3v) is 4.78. The molecule has 0 aliphatic heterocycles. The van der Waals surface area contributed by atoms with Crippen molar-refractivity contribution in [2.45, 2.75) is 45.3 Å². The molecule has 0 bridgehead atoms. The normalized spacial score (nSPS) is 14.3. The molecule has 0 saturated heterocycles. The Morgan fingerprint density at radius 2 is 2.10 bits per heavy atom. The van der Waals surface area contributed by atoms with Gasteiger partial charge in [0, 0.05) is 11.7 Å². The van der Waals surface area contributed by atoms with Crippen LogP contribution in [0.1, 0.15) is 38.9 Å². The van der Waals surface area contributed by atoms with Gasteiger partial charge in [-0.15, -0.1) is 0 Å². The third kappa shape index (κ3) is 3.37. The Bertz CT molecular complexity index is 654. The SMILES string of the molecule is CCC(C)C(C)n1c(SCC(=O)O)nc2ccc(C)nc21. The highest BCUT2D eigenvalue weighted by Crippen LogP contribution is 2.31. The fourth-order valence-corrected chi connectivity index (χ4v) is 3.05. The maximum Gasteiger partial charge on any atom is 0.313 e.